The molecule has 0 unspecified atom stereocenters. The normalized spacial score (nSPS) is 9.69. The zero-order valence-corrected chi connectivity index (χ0v) is 9.80. The molecule has 0 aliphatic carbocycles. The molecule has 0 aliphatic rings. The molecule has 0 saturated carbocycles. The number of nitrogens with one attached hydrogen (secondary N) is 1. The van der Waals surface area contributed by atoms with Gasteiger partial charge in [0.25, 0.3) is 0 Å². The minimum Gasteiger partial charge on any atom is -0.469 e. The van der Waals surface area contributed by atoms with Crippen LogP contribution < -0.4 is 5.32 Å². The number of benzene rings is 1. The average molecular weight is 242 g/mol. The molecule has 0 aliphatic heterocycles. The third-order valence-electron chi connectivity index (χ3n) is 2.01. The van der Waals surface area contributed by atoms with Crippen LogP contribution in [-0.4, -0.2) is 19.0 Å². The van der Waals surface area contributed by atoms with Gasteiger partial charge in [0.05, 0.1) is 7.11 Å². The Morgan fingerprint density at radius 2 is 2.12 bits per heavy atom. The van der Waals surface area contributed by atoms with Crippen LogP contribution in [0.5, 0.6) is 0 Å². The number of carbonyl (C=O) groups is 2. The van der Waals surface area contributed by atoms with E-state index in [0.717, 1.165) is 5.56 Å². The summed E-state index contributed by atoms with van der Waals surface area (Å²) >= 11 is 5.79. The van der Waals surface area contributed by atoms with Crippen molar-refractivity contribution in [1.82, 2.24) is 0 Å². The highest BCUT2D eigenvalue weighted by atomic mass is 35.5. The van der Waals surface area contributed by atoms with Gasteiger partial charge in [-0.3, -0.25) is 9.59 Å². The van der Waals surface area contributed by atoms with Gasteiger partial charge in [-0.1, -0.05) is 17.7 Å². The molecule has 0 fully saturated rings. The fourth-order valence-electron chi connectivity index (χ4n) is 1.13. The molecule has 1 amide bonds. The predicted molar refractivity (Wildman–Crippen MR) is 61.5 cm³/mol. The molecule has 16 heavy (non-hydrogen) atoms. The monoisotopic (exact) mass is 241 g/mol. The Bertz CT molecular complexity index is 418. The van der Waals surface area contributed by atoms with Crippen molar-refractivity contribution in [2.45, 2.75) is 13.3 Å². The summed E-state index contributed by atoms with van der Waals surface area (Å²) in [6.07, 6.45) is -0.303. The third kappa shape index (κ3) is 3.55. The number of methoxy groups -OCH3 is 1. The van der Waals surface area contributed by atoms with Crippen LogP contribution in [0, 0.1) is 6.92 Å². The highest BCUT2D eigenvalue weighted by Crippen LogP contribution is 2.20. The molecule has 0 bridgehead atoms. The summed E-state index contributed by atoms with van der Waals surface area (Å²) in [7, 11) is 1.24. The van der Waals surface area contributed by atoms with Crippen LogP contribution in [-0.2, 0) is 14.3 Å². The Morgan fingerprint density at radius 3 is 2.75 bits per heavy atom. The summed E-state index contributed by atoms with van der Waals surface area (Å²) in [5, 5.41) is 3.12. The van der Waals surface area contributed by atoms with E-state index in [1.807, 2.05) is 6.92 Å². The zero-order chi connectivity index (χ0) is 12.1. The minimum atomic E-state index is -0.572. The molecule has 86 valence electrons. The molecule has 4 nitrogen and oxygen atoms in total. The van der Waals surface area contributed by atoms with E-state index in [1.165, 1.54) is 7.11 Å². The maximum Gasteiger partial charge on any atom is 0.315 e. The van der Waals surface area contributed by atoms with Gasteiger partial charge >= 0.3 is 5.97 Å². The Morgan fingerprint density at radius 1 is 1.44 bits per heavy atom. The minimum absolute atomic E-state index is 0.303. The molecule has 0 spiro atoms. The van der Waals surface area contributed by atoms with Gasteiger partial charge in [-0.05, 0) is 24.6 Å². The van der Waals surface area contributed by atoms with Crippen molar-refractivity contribution < 1.29 is 14.3 Å². The van der Waals surface area contributed by atoms with Gasteiger partial charge in [-0.2, -0.15) is 0 Å². The summed E-state index contributed by atoms with van der Waals surface area (Å²) in [5.41, 5.74) is 1.48. The van der Waals surface area contributed by atoms with Crippen molar-refractivity contribution in [2.75, 3.05) is 12.4 Å². The van der Waals surface area contributed by atoms with Gasteiger partial charge in [0.1, 0.15) is 6.42 Å². The van der Waals surface area contributed by atoms with E-state index < -0.39 is 11.9 Å². The number of carbonyl (C=O) groups excluding carboxylic acids is 2. The van der Waals surface area contributed by atoms with Crippen LogP contribution >= 0.6 is 11.6 Å². The van der Waals surface area contributed by atoms with Gasteiger partial charge in [0.2, 0.25) is 5.91 Å². The van der Waals surface area contributed by atoms with Gasteiger partial charge in [-0.15, -0.1) is 0 Å². The number of halogens is 1. The maximum absolute atomic E-state index is 11.4. The first kappa shape index (κ1) is 12.5. The smallest absolute Gasteiger partial charge is 0.315 e. The van der Waals surface area contributed by atoms with Crippen molar-refractivity contribution in [3.05, 3.63) is 28.8 Å². The van der Waals surface area contributed by atoms with Crippen LogP contribution in [0.2, 0.25) is 5.02 Å². The van der Waals surface area contributed by atoms with Crippen molar-refractivity contribution in [1.29, 1.82) is 0 Å². The van der Waals surface area contributed by atoms with Crippen LogP contribution in [0.25, 0.3) is 0 Å². The molecular weight excluding hydrogens is 230 g/mol. The fourth-order valence-corrected chi connectivity index (χ4v) is 1.30. The fraction of sp³-hybridized carbons (Fsp3) is 0.273. The lowest BCUT2D eigenvalue weighted by Crippen LogP contribution is -2.17. The first-order chi connectivity index (χ1) is 7.52. The largest absolute Gasteiger partial charge is 0.469 e. The molecule has 5 heteroatoms. The number of amides is 1. The van der Waals surface area contributed by atoms with Crippen LogP contribution in [0.1, 0.15) is 12.0 Å². The third-order valence-corrected chi connectivity index (χ3v) is 2.24. The first-order valence-electron chi connectivity index (χ1n) is 4.65. The lowest BCUT2D eigenvalue weighted by Gasteiger charge is -2.07. The van der Waals surface area contributed by atoms with E-state index >= 15 is 0 Å². The predicted octanol–water partition coefficient (Wildman–Crippen LogP) is 2.15. The molecular formula is C11H12ClNO3. The Kier molecular flexibility index (Phi) is 4.31. The first-order valence-corrected chi connectivity index (χ1v) is 5.03. The van der Waals surface area contributed by atoms with Crippen molar-refractivity contribution in [3.8, 4) is 0 Å². The maximum atomic E-state index is 11.4. The average Bonchev–Trinajstić information content (AvgIpc) is 2.23. The number of rotatable bonds is 3. The molecule has 1 N–H and O–H groups in total. The Labute approximate surface area is 98.5 Å². The van der Waals surface area contributed by atoms with Crippen molar-refractivity contribution >= 4 is 29.2 Å². The molecule has 1 aromatic carbocycles. The number of hydrogen-bond donors (Lipinski definition) is 1. The summed E-state index contributed by atoms with van der Waals surface area (Å²) in [5.74, 6) is -0.991. The lowest BCUT2D eigenvalue weighted by atomic mass is 10.2. The van der Waals surface area contributed by atoms with Crippen LogP contribution in [0.15, 0.2) is 18.2 Å². The van der Waals surface area contributed by atoms with E-state index in [0.29, 0.717) is 10.7 Å². The second kappa shape index (κ2) is 5.51. The van der Waals surface area contributed by atoms with E-state index in [9.17, 15) is 9.59 Å². The SMILES string of the molecule is COC(=O)CC(=O)Nc1cc(Cl)ccc1C. The number of aryl methyl sites for hydroxylation is 1. The summed E-state index contributed by atoms with van der Waals surface area (Å²) < 4.78 is 4.39. The topological polar surface area (TPSA) is 55.4 Å². The van der Waals surface area contributed by atoms with E-state index in [-0.39, 0.29) is 6.42 Å². The molecule has 0 aromatic heterocycles. The van der Waals surface area contributed by atoms with E-state index in [4.69, 9.17) is 11.6 Å². The van der Waals surface area contributed by atoms with Gasteiger partial charge in [0, 0.05) is 10.7 Å². The highest BCUT2D eigenvalue weighted by Gasteiger charge is 2.10. The standard InChI is InChI=1S/C11H12ClNO3/c1-7-3-4-8(12)5-9(7)13-10(14)6-11(15)16-2/h3-5H,6H2,1-2H3,(H,13,14). The summed E-state index contributed by atoms with van der Waals surface area (Å²) in [6, 6.07) is 5.15. The number of esters is 1. The van der Waals surface area contributed by atoms with Crippen LogP contribution in [0.4, 0.5) is 5.69 Å². The Hall–Kier alpha value is -1.55. The van der Waals surface area contributed by atoms with Gasteiger partial charge in [-0.25, -0.2) is 0 Å². The second-order valence-corrected chi connectivity index (χ2v) is 3.70. The molecule has 1 aromatic rings. The van der Waals surface area contributed by atoms with Crippen LogP contribution in [0.3, 0.4) is 0 Å². The zero-order valence-electron chi connectivity index (χ0n) is 9.04. The number of hydrogen-bond acceptors (Lipinski definition) is 3. The number of anilines is 1. The Balaban J connectivity index is 2.69. The lowest BCUT2D eigenvalue weighted by molar-refractivity contribution is -0.142. The molecule has 1 rings (SSSR count). The highest BCUT2D eigenvalue weighted by molar-refractivity contribution is 6.31. The summed E-state index contributed by atoms with van der Waals surface area (Å²) in [4.78, 5) is 22.2. The van der Waals surface area contributed by atoms with E-state index in [2.05, 4.69) is 10.1 Å². The van der Waals surface area contributed by atoms with Crippen molar-refractivity contribution in [3.63, 3.8) is 0 Å². The van der Waals surface area contributed by atoms with E-state index in [1.54, 1.807) is 18.2 Å². The van der Waals surface area contributed by atoms with Crippen molar-refractivity contribution in [2.24, 2.45) is 0 Å². The number of ether oxygens (including phenoxy) is 1. The molecule has 0 radical (unpaired) electrons. The second-order valence-electron chi connectivity index (χ2n) is 3.26. The molecule has 0 atom stereocenters. The van der Waals surface area contributed by atoms with Gasteiger partial charge < -0.3 is 10.1 Å². The quantitative estimate of drug-likeness (QED) is 0.652. The van der Waals surface area contributed by atoms with Gasteiger partial charge in [0.15, 0.2) is 0 Å². The molecule has 0 saturated heterocycles. The summed E-state index contributed by atoms with van der Waals surface area (Å²) in [6.45, 7) is 1.84. The molecule has 0 heterocycles.